The number of benzene rings is 1. The number of aromatic nitrogens is 1. The van der Waals surface area contributed by atoms with Crippen LogP contribution in [0.1, 0.15) is 10.4 Å². The molecule has 2 rings (SSSR count). The molecule has 5 nitrogen and oxygen atoms in total. The van der Waals surface area contributed by atoms with Gasteiger partial charge in [0, 0.05) is 22.4 Å². The van der Waals surface area contributed by atoms with Gasteiger partial charge in [-0.1, -0.05) is 11.6 Å². The predicted molar refractivity (Wildman–Crippen MR) is 82.3 cm³/mol. The molecule has 0 radical (unpaired) electrons. The molecule has 0 saturated carbocycles. The lowest BCUT2D eigenvalue weighted by molar-refractivity contribution is 0.102. The number of carbonyl (C=O) groups is 1. The van der Waals surface area contributed by atoms with Crippen LogP contribution in [-0.4, -0.2) is 18.0 Å². The minimum Gasteiger partial charge on any atom is -0.495 e. The molecule has 3 N–H and O–H groups in total. The maximum Gasteiger partial charge on any atom is 0.259 e. The number of ether oxygens (including phenoxy) is 1. The summed E-state index contributed by atoms with van der Waals surface area (Å²) in [6, 6.07) is 6.54. The average molecular weight is 357 g/mol. The number of rotatable bonds is 3. The number of hydrogen-bond acceptors (Lipinski definition) is 4. The maximum atomic E-state index is 12.1. The van der Waals surface area contributed by atoms with E-state index in [1.165, 1.54) is 13.3 Å². The normalized spacial score (nSPS) is 10.2. The fraction of sp³-hybridized carbons (Fsp3) is 0.0769. The van der Waals surface area contributed by atoms with Crippen molar-refractivity contribution < 1.29 is 9.53 Å². The molecule has 1 amide bonds. The fourth-order valence-corrected chi connectivity index (χ4v) is 2.09. The smallest absolute Gasteiger partial charge is 0.259 e. The summed E-state index contributed by atoms with van der Waals surface area (Å²) in [4.78, 5) is 16.1. The van der Waals surface area contributed by atoms with Crippen molar-refractivity contribution in [2.24, 2.45) is 0 Å². The molecule has 0 saturated heterocycles. The zero-order valence-electron chi connectivity index (χ0n) is 10.5. The topological polar surface area (TPSA) is 77.2 Å². The first-order valence-electron chi connectivity index (χ1n) is 5.57. The van der Waals surface area contributed by atoms with Gasteiger partial charge >= 0.3 is 0 Å². The van der Waals surface area contributed by atoms with Crippen molar-refractivity contribution in [1.29, 1.82) is 0 Å². The van der Waals surface area contributed by atoms with Crippen LogP contribution in [0.4, 0.5) is 11.5 Å². The number of amides is 1. The van der Waals surface area contributed by atoms with Gasteiger partial charge in [0.25, 0.3) is 5.91 Å². The number of hydrogen-bond donors (Lipinski definition) is 2. The highest BCUT2D eigenvalue weighted by molar-refractivity contribution is 9.10. The SMILES string of the molecule is COc1cc(NC(=O)c2cc(Br)cnc2N)ccc1Cl. The molecule has 2 aromatic rings. The molecule has 0 aliphatic carbocycles. The van der Waals surface area contributed by atoms with Crippen LogP contribution in [0.3, 0.4) is 0 Å². The summed E-state index contributed by atoms with van der Waals surface area (Å²) in [5.41, 5.74) is 6.52. The van der Waals surface area contributed by atoms with Crippen LogP contribution >= 0.6 is 27.5 Å². The van der Waals surface area contributed by atoms with E-state index in [4.69, 9.17) is 22.1 Å². The van der Waals surface area contributed by atoms with Gasteiger partial charge in [-0.15, -0.1) is 0 Å². The summed E-state index contributed by atoms with van der Waals surface area (Å²) in [5, 5.41) is 3.18. The van der Waals surface area contributed by atoms with Gasteiger partial charge in [-0.05, 0) is 34.1 Å². The molecule has 1 heterocycles. The number of carbonyl (C=O) groups excluding carboxylic acids is 1. The molecule has 104 valence electrons. The number of halogens is 2. The molecule has 0 unspecified atom stereocenters. The molecule has 0 bridgehead atoms. The number of anilines is 2. The van der Waals surface area contributed by atoms with E-state index in [9.17, 15) is 4.79 Å². The maximum absolute atomic E-state index is 12.1. The molecule has 7 heteroatoms. The lowest BCUT2D eigenvalue weighted by Crippen LogP contribution is -2.15. The second-order valence-electron chi connectivity index (χ2n) is 3.89. The van der Waals surface area contributed by atoms with E-state index in [0.717, 1.165) is 0 Å². The summed E-state index contributed by atoms with van der Waals surface area (Å²) < 4.78 is 5.76. The quantitative estimate of drug-likeness (QED) is 0.884. The number of nitrogens with zero attached hydrogens (tertiary/aromatic N) is 1. The molecule has 1 aromatic carbocycles. The van der Waals surface area contributed by atoms with Crippen molar-refractivity contribution in [1.82, 2.24) is 4.98 Å². The highest BCUT2D eigenvalue weighted by Crippen LogP contribution is 2.28. The molecule has 0 spiro atoms. The van der Waals surface area contributed by atoms with Gasteiger partial charge in [0.15, 0.2) is 0 Å². The van der Waals surface area contributed by atoms with Crippen molar-refractivity contribution in [2.75, 3.05) is 18.2 Å². The Balaban J connectivity index is 2.25. The molecule has 0 fully saturated rings. The Morgan fingerprint density at radius 3 is 2.90 bits per heavy atom. The van der Waals surface area contributed by atoms with Crippen molar-refractivity contribution in [3.63, 3.8) is 0 Å². The second-order valence-corrected chi connectivity index (χ2v) is 5.21. The van der Waals surface area contributed by atoms with Gasteiger partial charge in [-0.2, -0.15) is 0 Å². The highest BCUT2D eigenvalue weighted by Gasteiger charge is 2.12. The molecule has 0 aliphatic heterocycles. The number of nitrogens with two attached hydrogens (primary N) is 1. The van der Waals surface area contributed by atoms with E-state index in [0.29, 0.717) is 20.9 Å². The number of pyridine rings is 1. The lowest BCUT2D eigenvalue weighted by Gasteiger charge is -2.09. The van der Waals surface area contributed by atoms with Crippen LogP contribution in [-0.2, 0) is 0 Å². The van der Waals surface area contributed by atoms with E-state index >= 15 is 0 Å². The number of nitrogen functional groups attached to an aromatic ring is 1. The standard InChI is InChI=1S/C13H11BrClN3O2/c1-20-11-5-8(2-3-10(11)15)18-13(19)9-4-7(14)6-17-12(9)16/h2-6H,1H3,(H2,16,17)(H,18,19). The summed E-state index contributed by atoms with van der Waals surface area (Å²) in [5.74, 6) is 0.275. The predicted octanol–water partition coefficient (Wildman–Crippen LogP) is 3.34. The Morgan fingerprint density at radius 2 is 2.20 bits per heavy atom. The van der Waals surface area contributed by atoms with Gasteiger partial charge in [0.1, 0.15) is 11.6 Å². The lowest BCUT2D eigenvalue weighted by atomic mass is 10.2. The van der Waals surface area contributed by atoms with Gasteiger partial charge in [-0.25, -0.2) is 4.98 Å². The minimum atomic E-state index is -0.360. The third kappa shape index (κ3) is 3.20. The average Bonchev–Trinajstić information content (AvgIpc) is 2.43. The molecule has 0 atom stereocenters. The van der Waals surface area contributed by atoms with Crippen LogP contribution in [0.25, 0.3) is 0 Å². The van der Waals surface area contributed by atoms with E-state index in [2.05, 4.69) is 26.2 Å². The zero-order valence-corrected chi connectivity index (χ0v) is 12.8. The van der Waals surface area contributed by atoms with Crippen LogP contribution in [0.5, 0.6) is 5.75 Å². The Labute approximate surface area is 129 Å². The first-order chi connectivity index (χ1) is 9.51. The largest absolute Gasteiger partial charge is 0.495 e. The van der Waals surface area contributed by atoms with E-state index in [1.807, 2.05) is 0 Å². The molecular weight excluding hydrogens is 346 g/mol. The third-order valence-electron chi connectivity index (χ3n) is 2.54. The Kier molecular flexibility index (Phi) is 4.46. The van der Waals surface area contributed by atoms with Crippen molar-refractivity contribution >= 4 is 44.9 Å². The first kappa shape index (κ1) is 14.6. The van der Waals surface area contributed by atoms with Crippen molar-refractivity contribution in [3.05, 3.63) is 45.5 Å². The van der Waals surface area contributed by atoms with Gasteiger partial charge in [0.2, 0.25) is 0 Å². The molecular formula is C13H11BrClN3O2. The minimum absolute atomic E-state index is 0.159. The first-order valence-corrected chi connectivity index (χ1v) is 6.74. The van der Waals surface area contributed by atoms with Gasteiger partial charge in [0.05, 0.1) is 17.7 Å². The van der Waals surface area contributed by atoms with Crippen molar-refractivity contribution in [2.45, 2.75) is 0 Å². The van der Waals surface area contributed by atoms with E-state index in [-0.39, 0.29) is 17.3 Å². The Hall–Kier alpha value is -1.79. The summed E-state index contributed by atoms with van der Waals surface area (Å²) in [6.07, 6.45) is 1.53. The molecule has 1 aromatic heterocycles. The van der Waals surface area contributed by atoms with Crippen LogP contribution in [0, 0.1) is 0 Å². The second kappa shape index (κ2) is 6.11. The Morgan fingerprint density at radius 1 is 1.45 bits per heavy atom. The number of methoxy groups -OCH3 is 1. The Bertz CT molecular complexity index is 664. The van der Waals surface area contributed by atoms with Gasteiger partial charge in [-0.3, -0.25) is 4.79 Å². The summed E-state index contributed by atoms with van der Waals surface area (Å²) in [7, 11) is 1.50. The van der Waals surface area contributed by atoms with Crippen LogP contribution in [0.2, 0.25) is 5.02 Å². The monoisotopic (exact) mass is 355 g/mol. The molecule has 0 aliphatic rings. The van der Waals surface area contributed by atoms with E-state index < -0.39 is 0 Å². The van der Waals surface area contributed by atoms with Crippen LogP contribution in [0.15, 0.2) is 34.9 Å². The third-order valence-corrected chi connectivity index (χ3v) is 3.28. The van der Waals surface area contributed by atoms with Gasteiger partial charge < -0.3 is 15.8 Å². The fourth-order valence-electron chi connectivity index (χ4n) is 1.57. The summed E-state index contributed by atoms with van der Waals surface area (Å²) in [6.45, 7) is 0. The van der Waals surface area contributed by atoms with Crippen LogP contribution < -0.4 is 15.8 Å². The summed E-state index contributed by atoms with van der Waals surface area (Å²) >= 11 is 9.17. The van der Waals surface area contributed by atoms with Crippen molar-refractivity contribution in [3.8, 4) is 5.75 Å². The number of nitrogens with one attached hydrogen (secondary N) is 1. The highest BCUT2D eigenvalue weighted by atomic mass is 79.9. The zero-order chi connectivity index (χ0) is 14.7. The van der Waals surface area contributed by atoms with E-state index in [1.54, 1.807) is 24.3 Å². The molecule has 20 heavy (non-hydrogen) atoms.